The summed E-state index contributed by atoms with van der Waals surface area (Å²) in [7, 11) is -3.15. The number of hydrogen-bond acceptors (Lipinski definition) is 2. The van der Waals surface area contributed by atoms with Crippen molar-refractivity contribution in [1.82, 2.24) is 0 Å². The van der Waals surface area contributed by atoms with Crippen LogP contribution in [0.1, 0.15) is 18.9 Å². The number of rotatable bonds is 5. The number of aryl methyl sites for hydroxylation is 1. The molecular formula is C13H17IO2S. The van der Waals surface area contributed by atoms with E-state index in [2.05, 4.69) is 29.2 Å². The zero-order valence-corrected chi connectivity index (χ0v) is 13.1. The van der Waals surface area contributed by atoms with E-state index in [1.807, 2.05) is 26.0 Å². The van der Waals surface area contributed by atoms with E-state index in [0.717, 1.165) is 9.14 Å². The van der Waals surface area contributed by atoms with Crippen LogP contribution < -0.4 is 0 Å². The summed E-state index contributed by atoms with van der Waals surface area (Å²) >= 11 is 2.15. The standard InChI is InChI=1S/C13H17IO2S/c1-10-4-6-13(7-5-10)17(15,16)9-8-11(2)12(3)14/h4-7,11H,3,8-9H2,1-2H3/t11-/m1/s1. The lowest BCUT2D eigenvalue weighted by Gasteiger charge is -2.10. The minimum absolute atomic E-state index is 0.180. The van der Waals surface area contributed by atoms with Gasteiger partial charge in [-0.05, 0) is 57.6 Å². The molecule has 94 valence electrons. The average Bonchev–Trinajstić information content (AvgIpc) is 2.26. The maximum absolute atomic E-state index is 12.0. The van der Waals surface area contributed by atoms with Crippen molar-refractivity contribution in [2.45, 2.75) is 25.2 Å². The van der Waals surface area contributed by atoms with Crippen LogP contribution in [0.15, 0.2) is 39.3 Å². The van der Waals surface area contributed by atoms with Crippen molar-refractivity contribution in [3.8, 4) is 0 Å². The molecule has 0 amide bonds. The summed E-state index contributed by atoms with van der Waals surface area (Å²) in [6.07, 6.45) is 0.623. The summed E-state index contributed by atoms with van der Waals surface area (Å²) < 4.78 is 25.1. The molecule has 0 N–H and O–H groups in total. The van der Waals surface area contributed by atoms with Crippen LogP contribution in [0.4, 0.5) is 0 Å². The van der Waals surface area contributed by atoms with Crippen LogP contribution in [0.3, 0.4) is 0 Å². The highest BCUT2D eigenvalue weighted by Gasteiger charge is 2.16. The highest BCUT2D eigenvalue weighted by Crippen LogP contribution is 2.21. The highest BCUT2D eigenvalue weighted by atomic mass is 127. The largest absolute Gasteiger partial charge is 0.224 e. The molecule has 0 aliphatic carbocycles. The van der Waals surface area contributed by atoms with E-state index in [1.165, 1.54) is 0 Å². The van der Waals surface area contributed by atoms with Gasteiger partial charge >= 0.3 is 0 Å². The predicted molar refractivity (Wildman–Crippen MR) is 80.2 cm³/mol. The van der Waals surface area contributed by atoms with Gasteiger partial charge in [0.1, 0.15) is 0 Å². The molecule has 17 heavy (non-hydrogen) atoms. The fraction of sp³-hybridized carbons (Fsp3) is 0.385. The molecular weight excluding hydrogens is 347 g/mol. The van der Waals surface area contributed by atoms with Gasteiger partial charge in [0.25, 0.3) is 0 Å². The second-order valence-corrected chi connectivity index (χ2v) is 7.76. The fourth-order valence-corrected chi connectivity index (χ4v) is 3.11. The lowest BCUT2D eigenvalue weighted by Crippen LogP contribution is -2.10. The normalized spacial score (nSPS) is 13.4. The molecule has 1 atom stereocenters. The summed E-state index contributed by atoms with van der Waals surface area (Å²) in [5.41, 5.74) is 1.07. The number of benzene rings is 1. The lowest BCUT2D eigenvalue weighted by atomic mass is 10.1. The smallest absolute Gasteiger partial charge is 0.178 e. The Bertz CT molecular complexity index is 489. The quantitative estimate of drug-likeness (QED) is 0.746. The first-order chi connectivity index (χ1) is 7.83. The molecule has 0 aliphatic rings. The van der Waals surface area contributed by atoms with Crippen LogP contribution in [-0.4, -0.2) is 14.2 Å². The Kier molecular flexibility index (Phi) is 5.19. The second-order valence-electron chi connectivity index (χ2n) is 4.27. The Hall–Kier alpha value is -0.360. The highest BCUT2D eigenvalue weighted by molar-refractivity contribution is 14.1. The number of allylic oxidation sites excluding steroid dienone is 1. The second kappa shape index (κ2) is 6.00. The molecule has 0 unspecified atom stereocenters. The molecule has 0 spiro atoms. The molecule has 0 saturated carbocycles. The van der Waals surface area contributed by atoms with Crippen molar-refractivity contribution < 1.29 is 8.42 Å². The van der Waals surface area contributed by atoms with Crippen molar-refractivity contribution >= 4 is 32.4 Å². The molecule has 4 heteroatoms. The SMILES string of the molecule is C=C(I)[C@H](C)CCS(=O)(=O)c1ccc(C)cc1. The van der Waals surface area contributed by atoms with Gasteiger partial charge in [-0.25, -0.2) is 8.42 Å². The van der Waals surface area contributed by atoms with Gasteiger partial charge < -0.3 is 0 Å². The third-order valence-electron chi connectivity index (χ3n) is 2.73. The molecule has 1 aromatic carbocycles. The Morgan fingerprint density at radius 1 is 1.35 bits per heavy atom. The minimum Gasteiger partial charge on any atom is -0.224 e. The van der Waals surface area contributed by atoms with Crippen molar-refractivity contribution in [2.24, 2.45) is 5.92 Å². The molecule has 0 aliphatic heterocycles. The van der Waals surface area contributed by atoms with Gasteiger partial charge in [0, 0.05) is 0 Å². The first-order valence-corrected chi connectivity index (χ1v) is 8.20. The fourth-order valence-electron chi connectivity index (χ4n) is 1.35. The lowest BCUT2D eigenvalue weighted by molar-refractivity contribution is 0.585. The van der Waals surface area contributed by atoms with Crippen LogP contribution in [-0.2, 0) is 9.84 Å². The molecule has 0 bridgehead atoms. The predicted octanol–water partition coefficient (Wildman–Crippen LogP) is 3.74. The Morgan fingerprint density at radius 3 is 2.35 bits per heavy atom. The van der Waals surface area contributed by atoms with Crippen molar-refractivity contribution in [2.75, 3.05) is 5.75 Å². The molecule has 0 fully saturated rings. The van der Waals surface area contributed by atoms with Crippen LogP contribution in [0.25, 0.3) is 0 Å². The van der Waals surface area contributed by atoms with Crippen molar-refractivity contribution in [3.05, 3.63) is 40.0 Å². The van der Waals surface area contributed by atoms with Gasteiger partial charge in [-0.3, -0.25) is 0 Å². The first-order valence-electron chi connectivity index (χ1n) is 5.46. The van der Waals surface area contributed by atoms with Crippen LogP contribution in [0.2, 0.25) is 0 Å². The van der Waals surface area contributed by atoms with E-state index < -0.39 is 9.84 Å². The molecule has 0 saturated heterocycles. The number of sulfone groups is 1. The molecule has 0 aromatic heterocycles. The average molecular weight is 364 g/mol. The number of hydrogen-bond donors (Lipinski definition) is 0. The van der Waals surface area contributed by atoms with E-state index in [9.17, 15) is 8.42 Å². The molecule has 0 radical (unpaired) electrons. The maximum Gasteiger partial charge on any atom is 0.178 e. The van der Waals surface area contributed by atoms with Crippen molar-refractivity contribution in [1.29, 1.82) is 0 Å². The van der Waals surface area contributed by atoms with Crippen LogP contribution in [0, 0.1) is 12.8 Å². The monoisotopic (exact) mass is 364 g/mol. The van der Waals surface area contributed by atoms with E-state index in [4.69, 9.17) is 0 Å². The number of halogens is 1. The van der Waals surface area contributed by atoms with Gasteiger partial charge in [-0.2, -0.15) is 0 Å². The van der Waals surface area contributed by atoms with Gasteiger partial charge in [-0.1, -0.05) is 31.2 Å². The topological polar surface area (TPSA) is 34.1 Å². The van der Waals surface area contributed by atoms with Gasteiger partial charge in [-0.15, -0.1) is 0 Å². The minimum atomic E-state index is -3.15. The summed E-state index contributed by atoms with van der Waals surface area (Å²) in [4.78, 5) is 0.411. The molecule has 0 heterocycles. The zero-order chi connectivity index (χ0) is 13.1. The summed E-state index contributed by atoms with van der Waals surface area (Å²) in [6.45, 7) is 7.77. The Balaban J connectivity index is 2.76. The van der Waals surface area contributed by atoms with Crippen LogP contribution >= 0.6 is 22.6 Å². The molecule has 1 rings (SSSR count). The third-order valence-corrected chi connectivity index (χ3v) is 5.56. The van der Waals surface area contributed by atoms with E-state index >= 15 is 0 Å². The van der Waals surface area contributed by atoms with Crippen LogP contribution in [0.5, 0.6) is 0 Å². The molecule has 2 nitrogen and oxygen atoms in total. The third kappa shape index (κ3) is 4.43. The van der Waals surface area contributed by atoms with E-state index in [0.29, 0.717) is 11.3 Å². The Morgan fingerprint density at radius 2 is 1.88 bits per heavy atom. The Labute approximate surface area is 117 Å². The summed E-state index contributed by atoms with van der Waals surface area (Å²) in [5, 5.41) is 0. The van der Waals surface area contributed by atoms with E-state index in [1.54, 1.807) is 12.1 Å². The van der Waals surface area contributed by atoms with E-state index in [-0.39, 0.29) is 11.7 Å². The zero-order valence-electron chi connectivity index (χ0n) is 10.1. The summed E-state index contributed by atoms with van der Waals surface area (Å²) in [5.74, 6) is 0.412. The molecule has 1 aromatic rings. The van der Waals surface area contributed by atoms with Gasteiger partial charge in [0.15, 0.2) is 9.84 Å². The maximum atomic E-state index is 12.0. The van der Waals surface area contributed by atoms with Crippen molar-refractivity contribution in [3.63, 3.8) is 0 Å². The van der Waals surface area contributed by atoms with Gasteiger partial charge in [0.05, 0.1) is 10.6 Å². The van der Waals surface area contributed by atoms with Gasteiger partial charge in [0.2, 0.25) is 0 Å². The first kappa shape index (κ1) is 14.7. The summed E-state index contributed by atoms with van der Waals surface area (Å²) in [6, 6.07) is 7.00.